The van der Waals surface area contributed by atoms with E-state index in [1.165, 1.54) is 0 Å². The van der Waals surface area contributed by atoms with Gasteiger partial charge in [-0.2, -0.15) is 0 Å². The van der Waals surface area contributed by atoms with E-state index in [1.54, 1.807) is 19.2 Å². The third-order valence-corrected chi connectivity index (χ3v) is 3.20. The number of nitrogens with zero attached hydrogens (tertiary/aromatic N) is 3. The number of ether oxygens (including phenoxy) is 1. The molecule has 0 aliphatic heterocycles. The van der Waals surface area contributed by atoms with Crippen molar-refractivity contribution in [2.75, 3.05) is 7.11 Å². The molecular formula is C14H11N3O4. The minimum absolute atomic E-state index is 0.0726. The Morgan fingerprint density at radius 3 is 2.90 bits per heavy atom. The molecule has 106 valence electrons. The van der Waals surface area contributed by atoms with Gasteiger partial charge < -0.3 is 4.74 Å². The Hall–Kier alpha value is -2.96. The van der Waals surface area contributed by atoms with E-state index in [0.29, 0.717) is 23.3 Å². The summed E-state index contributed by atoms with van der Waals surface area (Å²) in [5.41, 5.74) is 1.93. The van der Waals surface area contributed by atoms with Gasteiger partial charge in [-0.25, -0.2) is 4.63 Å². The van der Waals surface area contributed by atoms with Gasteiger partial charge in [0.15, 0.2) is 0 Å². The Balaban J connectivity index is 2.07. The molecule has 0 amide bonds. The van der Waals surface area contributed by atoms with Crippen LogP contribution in [0.25, 0.3) is 11.0 Å². The minimum Gasteiger partial charge on any atom is -0.497 e. The molecule has 1 heterocycles. The Morgan fingerprint density at radius 2 is 2.14 bits per heavy atom. The number of hydrogen-bond acceptors (Lipinski definition) is 6. The SMILES string of the molecule is COc1cccc(Cc2ccc3nonc3c2[N+](=O)[O-])c1. The first-order valence-electron chi connectivity index (χ1n) is 6.20. The van der Waals surface area contributed by atoms with Crippen LogP contribution in [0, 0.1) is 10.1 Å². The maximum Gasteiger partial charge on any atom is 0.304 e. The Bertz CT molecular complexity index is 813. The van der Waals surface area contributed by atoms with Gasteiger partial charge in [0.2, 0.25) is 5.52 Å². The van der Waals surface area contributed by atoms with E-state index in [1.807, 2.05) is 24.3 Å². The summed E-state index contributed by atoms with van der Waals surface area (Å²) >= 11 is 0. The summed E-state index contributed by atoms with van der Waals surface area (Å²) in [5, 5.41) is 18.6. The molecule has 0 spiro atoms. The first kappa shape index (κ1) is 13.0. The van der Waals surface area contributed by atoms with E-state index in [9.17, 15) is 10.1 Å². The van der Waals surface area contributed by atoms with Crippen molar-refractivity contribution in [3.63, 3.8) is 0 Å². The van der Waals surface area contributed by atoms with Gasteiger partial charge in [-0.1, -0.05) is 12.1 Å². The molecule has 3 rings (SSSR count). The van der Waals surface area contributed by atoms with E-state index in [0.717, 1.165) is 5.56 Å². The molecule has 0 radical (unpaired) electrons. The van der Waals surface area contributed by atoms with E-state index < -0.39 is 4.92 Å². The van der Waals surface area contributed by atoms with Gasteiger partial charge in [0.1, 0.15) is 11.3 Å². The second-order valence-corrected chi connectivity index (χ2v) is 4.49. The minimum atomic E-state index is -0.456. The molecule has 3 aromatic rings. The summed E-state index contributed by atoms with van der Waals surface area (Å²) in [4.78, 5) is 10.9. The van der Waals surface area contributed by atoms with Gasteiger partial charge in [-0.05, 0) is 40.1 Å². The largest absolute Gasteiger partial charge is 0.497 e. The van der Waals surface area contributed by atoms with Crippen LogP contribution in [0.1, 0.15) is 11.1 Å². The third-order valence-electron chi connectivity index (χ3n) is 3.20. The molecule has 0 saturated heterocycles. The maximum absolute atomic E-state index is 11.3. The van der Waals surface area contributed by atoms with Crippen LogP contribution in [0.3, 0.4) is 0 Å². The first-order chi connectivity index (χ1) is 10.2. The van der Waals surface area contributed by atoms with Gasteiger partial charge in [-0.15, -0.1) is 0 Å². The van der Waals surface area contributed by atoms with Crippen LogP contribution in [0.15, 0.2) is 41.0 Å². The van der Waals surface area contributed by atoms with E-state index in [2.05, 4.69) is 14.9 Å². The number of methoxy groups -OCH3 is 1. The highest BCUT2D eigenvalue weighted by Gasteiger charge is 2.22. The Labute approximate surface area is 119 Å². The Morgan fingerprint density at radius 1 is 1.29 bits per heavy atom. The molecule has 7 nitrogen and oxygen atoms in total. The van der Waals surface area contributed by atoms with Gasteiger partial charge >= 0.3 is 5.69 Å². The van der Waals surface area contributed by atoms with Crippen molar-refractivity contribution in [3.05, 3.63) is 57.6 Å². The summed E-state index contributed by atoms with van der Waals surface area (Å²) in [6.07, 6.45) is 0.399. The van der Waals surface area contributed by atoms with Crippen molar-refractivity contribution in [2.24, 2.45) is 0 Å². The van der Waals surface area contributed by atoms with E-state index in [4.69, 9.17) is 4.74 Å². The molecule has 0 N–H and O–H groups in total. The zero-order valence-corrected chi connectivity index (χ0v) is 11.1. The van der Waals surface area contributed by atoms with Crippen LogP contribution >= 0.6 is 0 Å². The molecule has 21 heavy (non-hydrogen) atoms. The summed E-state index contributed by atoms with van der Waals surface area (Å²) < 4.78 is 9.73. The van der Waals surface area contributed by atoms with Crippen LogP contribution in [-0.4, -0.2) is 22.3 Å². The molecule has 0 aliphatic rings. The average Bonchev–Trinajstić information content (AvgIpc) is 2.95. The Kier molecular flexibility index (Phi) is 3.23. The molecule has 0 bridgehead atoms. The topological polar surface area (TPSA) is 91.3 Å². The second-order valence-electron chi connectivity index (χ2n) is 4.49. The lowest BCUT2D eigenvalue weighted by Crippen LogP contribution is -1.98. The third kappa shape index (κ3) is 2.40. The molecule has 7 heteroatoms. The molecular weight excluding hydrogens is 274 g/mol. The predicted octanol–water partition coefficient (Wildman–Crippen LogP) is 2.73. The lowest BCUT2D eigenvalue weighted by molar-refractivity contribution is -0.383. The van der Waals surface area contributed by atoms with E-state index >= 15 is 0 Å². The molecule has 0 saturated carbocycles. The quantitative estimate of drug-likeness (QED) is 0.540. The van der Waals surface area contributed by atoms with Gasteiger partial charge in [0, 0.05) is 12.0 Å². The lowest BCUT2D eigenvalue weighted by atomic mass is 10.0. The number of rotatable bonds is 4. The van der Waals surface area contributed by atoms with Crippen LogP contribution in [0.2, 0.25) is 0 Å². The van der Waals surface area contributed by atoms with Crippen molar-refractivity contribution in [3.8, 4) is 5.75 Å². The van der Waals surface area contributed by atoms with Gasteiger partial charge in [-0.3, -0.25) is 10.1 Å². The number of nitro groups is 1. The number of benzene rings is 2. The lowest BCUT2D eigenvalue weighted by Gasteiger charge is -2.05. The second kappa shape index (κ2) is 5.20. The molecule has 1 aromatic heterocycles. The fraction of sp³-hybridized carbons (Fsp3) is 0.143. The summed E-state index contributed by atoms with van der Waals surface area (Å²) in [5.74, 6) is 0.708. The van der Waals surface area contributed by atoms with Crippen LogP contribution in [-0.2, 0) is 6.42 Å². The number of aromatic nitrogens is 2. The molecule has 0 fully saturated rings. The van der Waals surface area contributed by atoms with Gasteiger partial charge in [0.25, 0.3) is 0 Å². The van der Waals surface area contributed by atoms with Crippen molar-refractivity contribution >= 4 is 16.7 Å². The summed E-state index contributed by atoms with van der Waals surface area (Å²) in [7, 11) is 1.58. The summed E-state index contributed by atoms with van der Waals surface area (Å²) in [6, 6.07) is 10.7. The number of hydrogen-bond donors (Lipinski definition) is 0. The normalized spacial score (nSPS) is 10.7. The molecule has 0 unspecified atom stereocenters. The molecule has 0 aliphatic carbocycles. The zero-order valence-electron chi connectivity index (χ0n) is 11.1. The highest BCUT2D eigenvalue weighted by Crippen LogP contribution is 2.29. The zero-order chi connectivity index (χ0) is 14.8. The fourth-order valence-electron chi connectivity index (χ4n) is 2.23. The maximum atomic E-state index is 11.3. The summed E-state index contributed by atoms with van der Waals surface area (Å²) in [6.45, 7) is 0. The van der Waals surface area contributed by atoms with Crippen LogP contribution in [0.5, 0.6) is 5.75 Å². The van der Waals surface area contributed by atoms with Crippen LogP contribution < -0.4 is 4.74 Å². The monoisotopic (exact) mass is 285 g/mol. The van der Waals surface area contributed by atoms with Crippen molar-refractivity contribution in [1.82, 2.24) is 10.3 Å². The highest BCUT2D eigenvalue weighted by molar-refractivity contribution is 5.85. The van der Waals surface area contributed by atoms with Gasteiger partial charge in [0.05, 0.1) is 12.0 Å². The highest BCUT2D eigenvalue weighted by atomic mass is 16.6. The molecule has 2 aromatic carbocycles. The predicted molar refractivity (Wildman–Crippen MR) is 74.3 cm³/mol. The first-order valence-corrected chi connectivity index (χ1v) is 6.20. The smallest absolute Gasteiger partial charge is 0.304 e. The van der Waals surface area contributed by atoms with E-state index in [-0.39, 0.29) is 11.2 Å². The van der Waals surface area contributed by atoms with Crippen molar-refractivity contribution in [1.29, 1.82) is 0 Å². The number of fused-ring (bicyclic) bond motifs is 1. The standard InChI is InChI=1S/C14H11N3O4/c1-20-11-4-2-3-9(8-11)7-10-5-6-12-13(16-21-15-12)14(10)17(18)19/h2-6,8H,7H2,1H3. The van der Waals surface area contributed by atoms with Crippen LogP contribution in [0.4, 0.5) is 5.69 Å². The van der Waals surface area contributed by atoms with Crippen molar-refractivity contribution < 1.29 is 14.3 Å². The number of nitro benzene ring substituents is 1. The van der Waals surface area contributed by atoms with Crippen molar-refractivity contribution in [2.45, 2.75) is 6.42 Å². The molecule has 0 atom stereocenters. The fourth-order valence-corrected chi connectivity index (χ4v) is 2.23. The average molecular weight is 285 g/mol.